The van der Waals surface area contributed by atoms with Gasteiger partial charge in [0.1, 0.15) is 17.9 Å². The summed E-state index contributed by atoms with van der Waals surface area (Å²) in [5.74, 6) is 1.90. The summed E-state index contributed by atoms with van der Waals surface area (Å²) in [6, 6.07) is 5.32. The van der Waals surface area contributed by atoms with E-state index in [2.05, 4.69) is 15.3 Å². The molecule has 128 valence electrons. The standard InChI is InChI=1S/C15H13N5O5/c1-8-14(20(21)22)9(2)19(18-8)6-13-16-17-15(25-13)10-3-4-11-12(5-10)24-7-23-11/h3-5H,6-7H2,1-2H3. The number of rotatable bonds is 4. The van der Waals surface area contributed by atoms with Crippen molar-refractivity contribution >= 4 is 5.69 Å². The van der Waals surface area contributed by atoms with E-state index in [1.54, 1.807) is 32.0 Å². The third-order valence-electron chi connectivity index (χ3n) is 3.90. The molecule has 0 fully saturated rings. The van der Waals surface area contributed by atoms with Crippen molar-refractivity contribution in [3.63, 3.8) is 0 Å². The first-order valence-corrected chi connectivity index (χ1v) is 7.43. The summed E-state index contributed by atoms with van der Waals surface area (Å²) in [6.45, 7) is 3.56. The minimum Gasteiger partial charge on any atom is -0.454 e. The van der Waals surface area contributed by atoms with Crippen molar-refractivity contribution in [1.82, 2.24) is 20.0 Å². The number of nitrogens with zero attached hydrogens (tertiary/aromatic N) is 5. The van der Waals surface area contributed by atoms with E-state index in [0.29, 0.717) is 40.2 Å². The zero-order valence-electron chi connectivity index (χ0n) is 13.4. The Morgan fingerprint density at radius 3 is 2.80 bits per heavy atom. The van der Waals surface area contributed by atoms with Crippen molar-refractivity contribution in [2.75, 3.05) is 6.79 Å². The Morgan fingerprint density at radius 1 is 1.24 bits per heavy atom. The summed E-state index contributed by atoms with van der Waals surface area (Å²) in [6.07, 6.45) is 0. The van der Waals surface area contributed by atoms with Crippen molar-refractivity contribution in [1.29, 1.82) is 0 Å². The molecule has 0 amide bonds. The highest BCUT2D eigenvalue weighted by Crippen LogP contribution is 2.35. The van der Waals surface area contributed by atoms with Crippen molar-refractivity contribution in [3.05, 3.63) is 45.6 Å². The van der Waals surface area contributed by atoms with E-state index in [1.807, 2.05) is 0 Å². The average Bonchev–Trinajstić information content (AvgIpc) is 3.27. The van der Waals surface area contributed by atoms with Gasteiger partial charge in [-0.15, -0.1) is 10.2 Å². The van der Waals surface area contributed by atoms with Crippen molar-refractivity contribution in [2.24, 2.45) is 0 Å². The molecule has 10 heteroatoms. The molecule has 25 heavy (non-hydrogen) atoms. The number of aromatic nitrogens is 4. The Balaban J connectivity index is 1.60. The maximum absolute atomic E-state index is 11.1. The quantitative estimate of drug-likeness (QED) is 0.522. The Labute approximate surface area is 141 Å². The van der Waals surface area contributed by atoms with Crippen LogP contribution >= 0.6 is 0 Å². The normalized spacial score (nSPS) is 12.6. The summed E-state index contributed by atoms with van der Waals surface area (Å²) < 4.78 is 17.7. The molecule has 3 aromatic rings. The van der Waals surface area contributed by atoms with Gasteiger partial charge in [0, 0.05) is 5.56 Å². The van der Waals surface area contributed by atoms with Gasteiger partial charge in [0.25, 0.3) is 0 Å². The molecule has 0 spiro atoms. The lowest BCUT2D eigenvalue weighted by atomic mass is 10.2. The van der Waals surface area contributed by atoms with E-state index in [9.17, 15) is 10.1 Å². The average molecular weight is 343 g/mol. The van der Waals surface area contributed by atoms with E-state index < -0.39 is 4.92 Å². The van der Waals surface area contributed by atoms with Crippen LogP contribution in [0.3, 0.4) is 0 Å². The van der Waals surface area contributed by atoms with E-state index >= 15 is 0 Å². The van der Waals surface area contributed by atoms with Crippen LogP contribution in [0, 0.1) is 24.0 Å². The lowest BCUT2D eigenvalue weighted by Crippen LogP contribution is -2.04. The van der Waals surface area contributed by atoms with Gasteiger partial charge in [-0.25, -0.2) is 0 Å². The van der Waals surface area contributed by atoms with Crippen molar-refractivity contribution in [3.8, 4) is 23.0 Å². The highest BCUT2D eigenvalue weighted by atomic mass is 16.7. The summed E-state index contributed by atoms with van der Waals surface area (Å²) in [5, 5.41) is 23.2. The Bertz CT molecular complexity index is 977. The summed E-state index contributed by atoms with van der Waals surface area (Å²) in [4.78, 5) is 10.6. The van der Waals surface area contributed by atoms with E-state index in [0.717, 1.165) is 0 Å². The van der Waals surface area contributed by atoms with Gasteiger partial charge >= 0.3 is 5.69 Å². The SMILES string of the molecule is Cc1nn(Cc2nnc(-c3ccc4c(c3)OCO4)o2)c(C)c1[N+](=O)[O-]. The fourth-order valence-corrected chi connectivity index (χ4v) is 2.70. The number of fused-ring (bicyclic) bond motifs is 1. The van der Waals surface area contributed by atoms with Crippen LogP contribution in [0.25, 0.3) is 11.5 Å². The number of ether oxygens (including phenoxy) is 2. The minimum atomic E-state index is -0.444. The molecule has 0 radical (unpaired) electrons. The molecule has 1 aromatic carbocycles. The number of nitro groups is 1. The van der Waals surface area contributed by atoms with Crippen LogP contribution < -0.4 is 9.47 Å². The second kappa shape index (κ2) is 5.58. The van der Waals surface area contributed by atoms with Gasteiger partial charge in [-0.05, 0) is 32.0 Å². The van der Waals surface area contributed by atoms with Crippen LogP contribution in [0.5, 0.6) is 11.5 Å². The molecule has 1 aliphatic heterocycles. The van der Waals surface area contributed by atoms with Gasteiger partial charge in [-0.3, -0.25) is 14.8 Å². The third-order valence-corrected chi connectivity index (χ3v) is 3.90. The van der Waals surface area contributed by atoms with Gasteiger partial charge < -0.3 is 13.9 Å². The van der Waals surface area contributed by atoms with Crippen molar-refractivity contribution < 1.29 is 18.8 Å². The van der Waals surface area contributed by atoms with Gasteiger partial charge in [-0.2, -0.15) is 5.10 Å². The first-order valence-electron chi connectivity index (χ1n) is 7.43. The second-order valence-corrected chi connectivity index (χ2v) is 5.50. The van der Waals surface area contributed by atoms with Crippen LogP contribution in [0.4, 0.5) is 5.69 Å². The smallest absolute Gasteiger partial charge is 0.312 e. The Hall–Kier alpha value is -3.43. The molecular formula is C15H13N5O5. The lowest BCUT2D eigenvalue weighted by molar-refractivity contribution is -0.386. The molecule has 0 saturated heterocycles. The molecule has 10 nitrogen and oxygen atoms in total. The van der Waals surface area contributed by atoms with Crippen LogP contribution in [0.1, 0.15) is 17.3 Å². The molecule has 0 bridgehead atoms. The van der Waals surface area contributed by atoms with Crippen LogP contribution in [-0.4, -0.2) is 31.7 Å². The molecule has 2 aromatic heterocycles. The van der Waals surface area contributed by atoms with Gasteiger partial charge in [0.2, 0.25) is 18.6 Å². The van der Waals surface area contributed by atoms with E-state index in [1.165, 1.54) is 4.68 Å². The van der Waals surface area contributed by atoms with E-state index in [4.69, 9.17) is 13.9 Å². The molecule has 0 saturated carbocycles. The van der Waals surface area contributed by atoms with Gasteiger partial charge in [0.15, 0.2) is 11.5 Å². The van der Waals surface area contributed by atoms with Gasteiger partial charge in [-0.1, -0.05) is 0 Å². The highest BCUT2D eigenvalue weighted by Gasteiger charge is 2.23. The first kappa shape index (κ1) is 15.1. The van der Waals surface area contributed by atoms with Crippen LogP contribution in [-0.2, 0) is 6.54 Å². The Morgan fingerprint density at radius 2 is 2.04 bits per heavy atom. The number of aryl methyl sites for hydroxylation is 1. The predicted octanol–water partition coefficient (Wildman–Crippen LogP) is 2.24. The molecule has 0 N–H and O–H groups in total. The molecule has 3 heterocycles. The lowest BCUT2D eigenvalue weighted by Gasteiger charge is -1.99. The second-order valence-electron chi connectivity index (χ2n) is 5.50. The molecule has 0 aliphatic carbocycles. The maximum Gasteiger partial charge on any atom is 0.312 e. The van der Waals surface area contributed by atoms with Crippen LogP contribution in [0.2, 0.25) is 0 Å². The maximum atomic E-state index is 11.1. The first-order chi connectivity index (χ1) is 12.0. The number of hydrogen-bond acceptors (Lipinski definition) is 8. The molecule has 0 unspecified atom stereocenters. The van der Waals surface area contributed by atoms with E-state index in [-0.39, 0.29) is 19.0 Å². The highest BCUT2D eigenvalue weighted by molar-refractivity contribution is 5.60. The number of benzene rings is 1. The largest absolute Gasteiger partial charge is 0.454 e. The third kappa shape index (κ3) is 2.57. The molecular weight excluding hydrogens is 330 g/mol. The van der Waals surface area contributed by atoms with Crippen molar-refractivity contribution in [2.45, 2.75) is 20.4 Å². The zero-order valence-corrected chi connectivity index (χ0v) is 13.4. The van der Waals surface area contributed by atoms with Gasteiger partial charge in [0.05, 0.1) is 4.92 Å². The molecule has 1 aliphatic rings. The topological polar surface area (TPSA) is 118 Å². The summed E-state index contributed by atoms with van der Waals surface area (Å²) in [5.41, 5.74) is 1.47. The fraction of sp³-hybridized carbons (Fsp3) is 0.267. The molecule has 4 rings (SSSR count). The molecule has 0 atom stereocenters. The van der Waals surface area contributed by atoms with Crippen LogP contribution in [0.15, 0.2) is 22.6 Å². The predicted molar refractivity (Wildman–Crippen MR) is 83.3 cm³/mol. The summed E-state index contributed by atoms with van der Waals surface area (Å²) >= 11 is 0. The number of hydrogen-bond donors (Lipinski definition) is 0. The monoisotopic (exact) mass is 343 g/mol. The summed E-state index contributed by atoms with van der Waals surface area (Å²) in [7, 11) is 0. The fourth-order valence-electron chi connectivity index (χ4n) is 2.70. The Kier molecular flexibility index (Phi) is 3.38. The minimum absolute atomic E-state index is 0.00416. The zero-order chi connectivity index (χ0) is 17.6.